The number of ether oxygens (including phenoxy) is 2. The van der Waals surface area contributed by atoms with Gasteiger partial charge in [-0.3, -0.25) is 4.79 Å². The minimum atomic E-state index is -0.859. The molecule has 5 nitrogen and oxygen atoms in total. The second kappa shape index (κ2) is 7.63. The molecule has 1 aromatic rings. The number of hydrogen-bond acceptors (Lipinski definition) is 4. The molecule has 1 atom stereocenters. The van der Waals surface area contributed by atoms with Crippen LogP contribution in [0.3, 0.4) is 0 Å². The lowest BCUT2D eigenvalue weighted by atomic mass is 9.95. The molecule has 0 saturated heterocycles. The largest absolute Gasteiger partial charge is 0.490 e. The molecule has 0 bridgehead atoms. The molecule has 0 aromatic heterocycles. The Kier molecular flexibility index (Phi) is 6.15. The highest BCUT2D eigenvalue weighted by Crippen LogP contribution is 2.32. The number of carbonyl (C=O) groups is 1. The second-order valence-corrected chi connectivity index (χ2v) is 4.10. The van der Waals surface area contributed by atoms with E-state index in [1.807, 2.05) is 26.0 Å². The summed E-state index contributed by atoms with van der Waals surface area (Å²) >= 11 is 0. The summed E-state index contributed by atoms with van der Waals surface area (Å²) in [5.74, 6) is 0.222. The van der Waals surface area contributed by atoms with Crippen LogP contribution < -0.4 is 15.2 Å². The third-order valence-corrected chi connectivity index (χ3v) is 2.74. The summed E-state index contributed by atoms with van der Waals surface area (Å²) in [6, 6.07) is 5.46. The van der Waals surface area contributed by atoms with Crippen molar-refractivity contribution >= 4 is 5.97 Å². The van der Waals surface area contributed by atoms with Crippen LogP contribution >= 0.6 is 0 Å². The van der Waals surface area contributed by atoms with Crippen molar-refractivity contribution in [2.24, 2.45) is 5.73 Å². The molecule has 5 heteroatoms. The van der Waals surface area contributed by atoms with Crippen LogP contribution in [0.25, 0.3) is 0 Å². The van der Waals surface area contributed by atoms with Gasteiger partial charge in [-0.15, -0.1) is 0 Å². The van der Waals surface area contributed by atoms with E-state index in [1.165, 1.54) is 0 Å². The zero-order chi connectivity index (χ0) is 14.3. The van der Waals surface area contributed by atoms with Gasteiger partial charge in [0.05, 0.1) is 19.6 Å². The third-order valence-electron chi connectivity index (χ3n) is 2.74. The SMILES string of the molecule is CCOc1ccc(C(CN)CC(=O)O)cc1OCC. The standard InChI is InChI=1S/C14H21NO4/c1-3-18-12-6-5-10(7-13(12)19-4-2)11(9-15)8-14(16)17/h5-7,11H,3-4,8-9,15H2,1-2H3,(H,16,17). The van der Waals surface area contributed by atoms with Crippen LogP contribution in [0, 0.1) is 0 Å². The van der Waals surface area contributed by atoms with E-state index in [-0.39, 0.29) is 18.9 Å². The summed E-state index contributed by atoms with van der Waals surface area (Å²) < 4.78 is 11.0. The maximum absolute atomic E-state index is 10.8. The van der Waals surface area contributed by atoms with E-state index in [0.29, 0.717) is 24.7 Å². The molecule has 1 rings (SSSR count). The quantitative estimate of drug-likeness (QED) is 0.753. The van der Waals surface area contributed by atoms with Crippen molar-refractivity contribution in [1.82, 2.24) is 0 Å². The van der Waals surface area contributed by atoms with Gasteiger partial charge in [-0.05, 0) is 38.1 Å². The van der Waals surface area contributed by atoms with E-state index in [1.54, 1.807) is 6.07 Å². The highest BCUT2D eigenvalue weighted by Gasteiger charge is 2.16. The maximum atomic E-state index is 10.8. The molecule has 19 heavy (non-hydrogen) atoms. The fraction of sp³-hybridized carbons (Fsp3) is 0.500. The predicted octanol–water partition coefficient (Wildman–Crippen LogP) is 2.00. The summed E-state index contributed by atoms with van der Waals surface area (Å²) in [4.78, 5) is 10.8. The summed E-state index contributed by atoms with van der Waals surface area (Å²) in [6.45, 7) is 5.15. The van der Waals surface area contributed by atoms with Crippen LogP contribution in [0.2, 0.25) is 0 Å². The number of nitrogens with two attached hydrogens (primary N) is 1. The Morgan fingerprint density at radius 3 is 2.42 bits per heavy atom. The zero-order valence-corrected chi connectivity index (χ0v) is 11.4. The van der Waals surface area contributed by atoms with Crippen molar-refractivity contribution in [3.8, 4) is 11.5 Å². The smallest absolute Gasteiger partial charge is 0.304 e. The van der Waals surface area contributed by atoms with Crippen LogP contribution in [0.15, 0.2) is 18.2 Å². The van der Waals surface area contributed by atoms with Crippen LogP contribution in [0.5, 0.6) is 11.5 Å². The highest BCUT2D eigenvalue weighted by atomic mass is 16.5. The second-order valence-electron chi connectivity index (χ2n) is 4.10. The van der Waals surface area contributed by atoms with Gasteiger partial charge in [0.15, 0.2) is 11.5 Å². The van der Waals surface area contributed by atoms with Crippen LogP contribution in [-0.2, 0) is 4.79 Å². The lowest BCUT2D eigenvalue weighted by Gasteiger charge is -2.16. The van der Waals surface area contributed by atoms with Crippen LogP contribution in [-0.4, -0.2) is 30.8 Å². The average Bonchev–Trinajstić information content (AvgIpc) is 2.38. The number of aliphatic carboxylic acids is 1. The van der Waals surface area contributed by atoms with Gasteiger partial charge in [0.25, 0.3) is 0 Å². The normalized spacial score (nSPS) is 11.9. The number of rotatable bonds is 8. The molecule has 106 valence electrons. The minimum Gasteiger partial charge on any atom is -0.490 e. The monoisotopic (exact) mass is 267 g/mol. The Labute approximate surface area is 113 Å². The van der Waals surface area contributed by atoms with Crippen molar-refractivity contribution in [3.63, 3.8) is 0 Å². The van der Waals surface area contributed by atoms with Crippen LogP contribution in [0.4, 0.5) is 0 Å². The Hall–Kier alpha value is -1.75. The van der Waals surface area contributed by atoms with Gasteiger partial charge in [0.1, 0.15) is 0 Å². The average molecular weight is 267 g/mol. The third kappa shape index (κ3) is 4.44. The molecule has 0 aliphatic rings. The first-order valence-electron chi connectivity index (χ1n) is 6.43. The molecule has 0 heterocycles. The number of hydrogen-bond donors (Lipinski definition) is 2. The molecule has 1 unspecified atom stereocenters. The van der Waals surface area contributed by atoms with Crippen molar-refractivity contribution in [1.29, 1.82) is 0 Å². The van der Waals surface area contributed by atoms with Gasteiger partial charge in [0.2, 0.25) is 0 Å². The summed E-state index contributed by atoms with van der Waals surface area (Å²) in [7, 11) is 0. The van der Waals surface area contributed by atoms with E-state index in [4.69, 9.17) is 20.3 Å². The van der Waals surface area contributed by atoms with Crippen molar-refractivity contribution in [2.75, 3.05) is 19.8 Å². The van der Waals surface area contributed by atoms with E-state index in [2.05, 4.69) is 0 Å². The first-order chi connectivity index (χ1) is 9.12. The molecule has 1 aromatic carbocycles. The maximum Gasteiger partial charge on any atom is 0.304 e. The van der Waals surface area contributed by atoms with Gasteiger partial charge >= 0.3 is 5.97 Å². The molecule has 0 spiro atoms. The lowest BCUT2D eigenvalue weighted by Crippen LogP contribution is -2.16. The van der Waals surface area contributed by atoms with E-state index >= 15 is 0 Å². The molecule has 0 radical (unpaired) electrons. The van der Waals surface area contributed by atoms with Gasteiger partial charge < -0.3 is 20.3 Å². The van der Waals surface area contributed by atoms with E-state index < -0.39 is 5.97 Å². The number of benzene rings is 1. The lowest BCUT2D eigenvalue weighted by molar-refractivity contribution is -0.137. The molecular weight excluding hydrogens is 246 g/mol. The summed E-state index contributed by atoms with van der Waals surface area (Å²) in [6.07, 6.45) is 0.00997. The fourth-order valence-electron chi connectivity index (χ4n) is 1.87. The topological polar surface area (TPSA) is 81.8 Å². The highest BCUT2D eigenvalue weighted by molar-refractivity contribution is 5.68. The first-order valence-corrected chi connectivity index (χ1v) is 6.43. The summed E-state index contributed by atoms with van der Waals surface area (Å²) in [5, 5.41) is 8.88. The van der Waals surface area contributed by atoms with Gasteiger partial charge in [-0.1, -0.05) is 6.07 Å². The van der Waals surface area contributed by atoms with Crippen LogP contribution in [0.1, 0.15) is 31.7 Å². The summed E-state index contributed by atoms with van der Waals surface area (Å²) in [5.41, 5.74) is 6.50. The van der Waals surface area contributed by atoms with Crippen molar-refractivity contribution in [2.45, 2.75) is 26.2 Å². The first kappa shape index (κ1) is 15.3. The van der Waals surface area contributed by atoms with Gasteiger partial charge in [0, 0.05) is 5.92 Å². The minimum absolute atomic E-state index is 0.00997. The van der Waals surface area contributed by atoms with Crippen molar-refractivity contribution in [3.05, 3.63) is 23.8 Å². The predicted molar refractivity (Wildman–Crippen MR) is 72.8 cm³/mol. The molecule has 0 aliphatic carbocycles. The van der Waals surface area contributed by atoms with Crippen molar-refractivity contribution < 1.29 is 19.4 Å². The number of carboxylic acid groups (broad SMARTS) is 1. The molecule has 0 aliphatic heterocycles. The Morgan fingerprint density at radius 2 is 1.89 bits per heavy atom. The van der Waals surface area contributed by atoms with Gasteiger partial charge in [-0.2, -0.15) is 0 Å². The zero-order valence-electron chi connectivity index (χ0n) is 11.4. The van der Waals surface area contributed by atoms with Gasteiger partial charge in [-0.25, -0.2) is 0 Å². The molecule has 3 N–H and O–H groups in total. The number of carboxylic acids is 1. The Morgan fingerprint density at radius 1 is 1.26 bits per heavy atom. The fourth-order valence-corrected chi connectivity index (χ4v) is 1.87. The van der Waals surface area contributed by atoms with E-state index in [9.17, 15) is 4.79 Å². The molecule has 0 saturated carbocycles. The van der Waals surface area contributed by atoms with E-state index in [0.717, 1.165) is 5.56 Å². The molecule has 0 fully saturated rings. The molecular formula is C14H21NO4. The Balaban J connectivity index is 3.01. The molecule has 0 amide bonds. The Bertz CT molecular complexity index is 420.